The summed E-state index contributed by atoms with van der Waals surface area (Å²) in [7, 11) is 0. The number of ether oxygens (including phenoxy) is 2. The van der Waals surface area contributed by atoms with Gasteiger partial charge in [0.05, 0.1) is 12.5 Å². The summed E-state index contributed by atoms with van der Waals surface area (Å²) >= 11 is 0. The maximum atomic E-state index is 11.3. The van der Waals surface area contributed by atoms with Crippen molar-refractivity contribution in [1.82, 2.24) is 0 Å². The summed E-state index contributed by atoms with van der Waals surface area (Å²) in [5.74, 6) is -0.0868. The molecule has 0 heterocycles. The average molecular weight is 188 g/mol. The van der Waals surface area contributed by atoms with Gasteiger partial charge >= 0.3 is 5.97 Å². The smallest absolute Gasteiger partial charge is 0.308 e. The highest BCUT2D eigenvalue weighted by molar-refractivity contribution is 5.72. The highest BCUT2D eigenvalue weighted by Gasteiger charge is 2.16. The molecule has 0 rings (SSSR count). The molecule has 1 unspecified atom stereocenters. The third-order valence-electron chi connectivity index (χ3n) is 1.93. The molecule has 0 spiro atoms. The summed E-state index contributed by atoms with van der Waals surface area (Å²) < 4.78 is 10.1. The minimum atomic E-state index is -0.0929. The molecule has 0 bridgehead atoms. The highest BCUT2D eigenvalue weighted by atomic mass is 16.5. The van der Waals surface area contributed by atoms with Crippen molar-refractivity contribution in [1.29, 1.82) is 0 Å². The lowest BCUT2D eigenvalue weighted by molar-refractivity contribution is -0.148. The molecule has 0 radical (unpaired) electrons. The van der Waals surface area contributed by atoms with Crippen LogP contribution in [0, 0.1) is 5.92 Å². The van der Waals surface area contributed by atoms with Crippen LogP contribution in [0.4, 0.5) is 0 Å². The first-order valence-corrected chi connectivity index (χ1v) is 5.00. The van der Waals surface area contributed by atoms with Crippen molar-refractivity contribution in [3.63, 3.8) is 0 Å². The Morgan fingerprint density at radius 3 is 2.38 bits per heavy atom. The Hall–Kier alpha value is -0.570. The van der Waals surface area contributed by atoms with E-state index in [1.807, 2.05) is 20.8 Å². The fourth-order valence-electron chi connectivity index (χ4n) is 1.12. The number of esters is 1. The van der Waals surface area contributed by atoms with E-state index in [0.29, 0.717) is 19.8 Å². The van der Waals surface area contributed by atoms with Gasteiger partial charge in [-0.05, 0) is 26.7 Å². The van der Waals surface area contributed by atoms with Crippen molar-refractivity contribution in [2.24, 2.45) is 5.92 Å². The summed E-state index contributed by atoms with van der Waals surface area (Å²) in [4.78, 5) is 11.3. The van der Waals surface area contributed by atoms with Crippen LogP contribution in [0.3, 0.4) is 0 Å². The minimum absolute atomic E-state index is 0.00602. The maximum absolute atomic E-state index is 11.3. The Balaban J connectivity index is 3.67. The van der Waals surface area contributed by atoms with E-state index in [0.717, 1.165) is 12.8 Å². The topological polar surface area (TPSA) is 35.5 Å². The molecule has 0 N–H and O–H groups in total. The largest absolute Gasteiger partial charge is 0.466 e. The van der Waals surface area contributed by atoms with Gasteiger partial charge in [-0.25, -0.2) is 0 Å². The van der Waals surface area contributed by atoms with Gasteiger partial charge in [-0.3, -0.25) is 4.79 Å². The van der Waals surface area contributed by atoms with Crippen LogP contribution in [-0.2, 0) is 14.3 Å². The Morgan fingerprint density at radius 2 is 1.92 bits per heavy atom. The summed E-state index contributed by atoms with van der Waals surface area (Å²) in [6, 6.07) is 0. The average Bonchev–Trinajstić information content (AvgIpc) is 2.13. The third kappa shape index (κ3) is 5.64. The van der Waals surface area contributed by atoms with Gasteiger partial charge in [0.2, 0.25) is 0 Å². The molecule has 78 valence electrons. The van der Waals surface area contributed by atoms with Gasteiger partial charge in [0.1, 0.15) is 0 Å². The SMILES string of the molecule is CCOCCC(CC)C(=O)OCC. The monoisotopic (exact) mass is 188 g/mol. The van der Waals surface area contributed by atoms with Crippen molar-refractivity contribution >= 4 is 5.97 Å². The van der Waals surface area contributed by atoms with Gasteiger partial charge in [0, 0.05) is 13.2 Å². The molecule has 0 fully saturated rings. The Bertz CT molecular complexity index is 134. The van der Waals surface area contributed by atoms with Crippen molar-refractivity contribution in [3.8, 4) is 0 Å². The van der Waals surface area contributed by atoms with E-state index in [4.69, 9.17) is 9.47 Å². The molecule has 0 aromatic rings. The predicted octanol–water partition coefficient (Wildman–Crippen LogP) is 2.00. The summed E-state index contributed by atoms with van der Waals surface area (Å²) in [5.41, 5.74) is 0. The molecule has 3 heteroatoms. The van der Waals surface area contributed by atoms with Gasteiger partial charge in [-0.15, -0.1) is 0 Å². The van der Waals surface area contributed by atoms with Gasteiger partial charge in [0.15, 0.2) is 0 Å². The Morgan fingerprint density at radius 1 is 1.23 bits per heavy atom. The first-order valence-electron chi connectivity index (χ1n) is 5.00. The normalized spacial score (nSPS) is 12.5. The summed E-state index contributed by atoms with van der Waals surface area (Å²) in [6.07, 6.45) is 1.59. The zero-order chi connectivity index (χ0) is 10.1. The van der Waals surface area contributed by atoms with E-state index in [-0.39, 0.29) is 11.9 Å². The summed E-state index contributed by atoms with van der Waals surface area (Å²) in [6.45, 7) is 7.59. The molecule has 0 saturated heterocycles. The molecule has 0 aliphatic carbocycles. The van der Waals surface area contributed by atoms with E-state index < -0.39 is 0 Å². The first kappa shape index (κ1) is 12.4. The lowest BCUT2D eigenvalue weighted by Crippen LogP contribution is -2.18. The second-order valence-electron chi connectivity index (χ2n) is 2.84. The molecule has 0 aliphatic heterocycles. The molecule has 0 aliphatic rings. The molecular weight excluding hydrogens is 168 g/mol. The molecule has 3 nitrogen and oxygen atoms in total. The molecule has 1 atom stereocenters. The second-order valence-corrected chi connectivity index (χ2v) is 2.84. The number of rotatable bonds is 7. The molecule has 13 heavy (non-hydrogen) atoms. The Kier molecular flexibility index (Phi) is 7.69. The van der Waals surface area contributed by atoms with Gasteiger partial charge in [-0.1, -0.05) is 6.92 Å². The molecule has 0 amide bonds. The lowest BCUT2D eigenvalue weighted by atomic mass is 10.0. The van der Waals surface area contributed by atoms with Crippen LogP contribution in [-0.4, -0.2) is 25.8 Å². The van der Waals surface area contributed by atoms with E-state index in [2.05, 4.69) is 0 Å². The van der Waals surface area contributed by atoms with Crippen LogP contribution in [0.25, 0.3) is 0 Å². The summed E-state index contributed by atoms with van der Waals surface area (Å²) in [5, 5.41) is 0. The molecule has 0 aromatic carbocycles. The van der Waals surface area contributed by atoms with Crippen molar-refractivity contribution < 1.29 is 14.3 Å². The zero-order valence-corrected chi connectivity index (χ0v) is 8.84. The van der Waals surface area contributed by atoms with Crippen LogP contribution < -0.4 is 0 Å². The Labute approximate surface area is 80.4 Å². The fourth-order valence-corrected chi connectivity index (χ4v) is 1.12. The number of hydrogen-bond donors (Lipinski definition) is 0. The van der Waals surface area contributed by atoms with Crippen LogP contribution >= 0.6 is 0 Å². The quantitative estimate of drug-likeness (QED) is 0.453. The van der Waals surface area contributed by atoms with E-state index in [1.165, 1.54) is 0 Å². The zero-order valence-electron chi connectivity index (χ0n) is 8.84. The minimum Gasteiger partial charge on any atom is -0.466 e. The van der Waals surface area contributed by atoms with Crippen molar-refractivity contribution in [3.05, 3.63) is 0 Å². The number of carbonyl (C=O) groups is 1. The second kappa shape index (κ2) is 8.05. The number of carbonyl (C=O) groups excluding carboxylic acids is 1. The number of hydrogen-bond acceptors (Lipinski definition) is 3. The lowest BCUT2D eigenvalue weighted by Gasteiger charge is -2.12. The van der Waals surface area contributed by atoms with Crippen LogP contribution in [0.2, 0.25) is 0 Å². The van der Waals surface area contributed by atoms with Gasteiger partial charge in [-0.2, -0.15) is 0 Å². The first-order chi connectivity index (χ1) is 6.26. The van der Waals surface area contributed by atoms with Crippen LogP contribution in [0.5, 0.6) is 0 Å². The van der Waals surface area contributed by atoms with Crippen LogP contribution in [0.1, 0.15) is 33.6 Å². The van der Waals surface area contributed by atoms with E-state index in [9.17, 15) is 4.79 Å². The van der Waals surface area contributed by atoms with E-state index in [1.54, 1.807) is 0 Å². The van der Waals surface area contributed by atoms with Crippen molar-refractivity contribution in [2.75, 3.05) is 19.8 Å². The molecule has 0 aromatic heterocycles. The molecule has 0 saturated carbocycles. The third-order valence-corrected chi connectivity index (χ3v) is 1.93. The fraction of sp³-hybridized carbons (Fsp3) is 0.900. The van der Waals surface area contributed by atoms with Crippen molar-refractivity contribution in [2.45, 2.75) is 33.6 Å². The van der Waals surface area contributed by atoms with E-state index >= 15 is 0 Å². The predicted molar refractivity (Wildman–Crippen MR) is 51.5 cm³/mol. The maximum Gasteiger partial charge on any atom is 0.308 e. The standard InChI is InChI=1S/C10H20O3/c1-4-9(7-8-12-5-2)10(11)13-6-3/h9H,4-8H2,1-3H3. The highest BCUT2D eigenvalue weighted by Crippen LogP contribution is 2.10. The van der Waals surface area contributed by atoms with Gasteiger partial charge < -0.3 is 9.47 Å². The van der Waals surface area contributed by atoms with Crippen LogP contribution in [0.15, 0.2) is 0 Å². The van der Waals surface area contributed by atoms with Gasteiger partial charge in [0.25, 0.3) is 0 Å². The molecular formula is C10H20O3.